The molecule has 4 nitrogen and oxygen atoms in total. The molecule has 1 amide bonds. The van der Waals surface area contributed by atoms with E-state index in [9.17, 15) is 4.79 Å². The van der Waals surface area contributed by atoms with Crippen LogP contribution in [0.3, 0.4) is 0 Å². The summed E-state index contributed by atoms with van der Waals surface area (Å²) in [5.74, 6) is 2.32. The third kappa shape index (κ3) is 5.18. The Hall–Kier alpha value is -0.260. The van der Waals surface area contributed by atoms with Crippen molar-refractivity contribution >= 4 is 17.7 Å². The fourth-order valence-electron chi connectivity index (χ4n) is 1.72. The summed E-state index contributed by atoms with van der Waals surface area (Å²) in [4.78, 5) is 11.7. The first-order valence-electron chi connectivity index (χ1n) is 5.85. The molecular weight excluding hydrogens is 224 g/mol. The van der Waals surface area contributed by atoms with Gasteiger partial charge >= 0.3 is 0 Å². The highest BCUT2D eigenvalue weighted by Gasteiger charge is 2.18. The molecule has 2 atom stereocenters. The molecule has 1 fully saturated rings. The lowest BCUT2D eigenvalue weighted by atomic mass is 10.2. The minimum atomic E-state index is 0.129. The van der Waals surface area contributed by atoms with Gasteiger partial charge < -0.3 is 15.4 Å². The molecule has 0 bridgehead atoms. The summed E-state index contributed by atoms with van der Waals surface area (Å²) in [6.07, 6.45) is 1.49. The Morgan fingerprint density at radius 3 is 3.06 bits per heavy atom. The van der Waals surface area contributed by atoms with Crippen LogP contribution >= 0.6 is 11.8 Å². The fourth-order valence-corrected chi connectivity index (χ4v) is 2.67. The van der Waals surface area contributed by atoms with Crippen LogP contribution in [0.15, 0.2) is 0 Å². The maximum atomic E-state index is 11.7. The van der Waals surface area contributed by atoms with E-state index in [1.54, 1.807) is 7.11 Å². The zero-order valence-corrected chi connectivity index (χ0v) is 10.9. The van der Waals surface area contributed by atoms with Crippen molar-refractivity contribution in [3.8, 4) is 0 Å². The summed E-state index contributed by atoms with van der Waals surface area (Å²) >= 11 is 1.91. The lowest BCUT2D eigenvalue weighted by Crippen LogP contribution is -2.44. The molecule has 0 saturated carbocycles. The minimum absolute atomic E-state index is 0.129. The van der Waals surface area contributed by atoms with Crippen LogP contribution in [0, 0.1) is 0 Å². The maximum absolute atomic E-state index is 11.7. The number of rotatable bonds is 6. The van der Waals surface area contributed by atoms with Gasteiger partial charge in [0, 0.05) is 37.6 Å². The first-order valence-corrected chi connectivity index (χ1v) is 7.01. The van der Waals surface area contributed by atoms with E-state index in [-0.39, 0.29) is 11.9 Å². The molecule has 16 heavy (non-hydrogen) atoms. The van der Waals surface area contributed by atoms with Crippen molar-refractivity contribution in [2.24, 2.45) is 0 Å². The number of amides is 1. The standard InChI is InChI=1S/C11H22N2O2S/c1-3-9(7-15-2)13-11(14)6-10-8-16-5-4-12-10/h9-10,12H,3-8H2,1-2H3,(H,13,14). The van der Waals surface area contributed by atoms with Gasteiger partial charge in [-0.2, -0.15) is 11.8 Å². The summed E-state index contributed by atoms with van der Waals surface area (Å²) in [5.41, 5.74) is 0. The quantitative estimate of drug-likeness (QED) is 0.721. The van der Waals surface area contributed by atoms with Crippen molar-refractivity contribution < 1.29 is 9.53 Å². The van der Waals surface area contributed by atoms with Crippen molar-refractivity contribution in [3.05, 3.63) is 0 Å². The van der Waals surface area contributed by atoms with Gasteiger partial charge in [-0.25, -0.2) is 0 Å². The molecule has 1 aliphatic rings. The maximum Gasteiger partial charge on any atom is 0.221 e. The number of ether oxygens (including phenoxy) is 1. The summed E-state index contributed by atoms with van der Waals surface area (Å²) in [6, 6.07) is 0.479. The van der Waals surface area contributed by atoms with Crippen LogP contribution in [0.4, 0.5) is 0 Å². The van der Waals surface area contributed by atoms with Crippen molar-refractivity contribution in [2.45, 2.75) is 31.8 Å². The predicted octanol–water partition coefficient (Wildman–Crippen LogP) is 0.623. The fraction of sp³-hybridized carbons (Fsp3) is 0.909. The van der Waals surface area contributed by atoms with Gasteiger partial charge in [0.15, 0.2) is 0 Å². The Morgan fingerprint density at radius 1 is 1.69 bits per heavy atom. The molecule has 1 aliphatic heterocycles. The average molecular weight is 246 g/mol. The summed E-state index contributed by atoms with van der Waals surface area (Å²) in [5, 5.41) is 6.36. The van der Waals surface area contributed by atoms with Crippen molar-refractivity contribution in [3.63, 3.8) is 0 Å². The van der Waals surface area contributed by atoms with E-state index in [2.05, 4.69) is 17.6 Å². The Bertz CT molecular complexity index is 199. The largest absolute Gasteiger partial charge is 0.383 e. The molecule has 1 saturated heterocycles. The van der Waals surface area contributed by atoms with Crippen LogP contribution in [0.25, 0.3) is 0 Å². The van der Waals surface area contributed by atoms with E-state index in [4.69, 9.17) is 4.74 Å². The summed E-state index contributed by atoms with van der Waals surface area (Å²) in [6.45, 7) is 3.66. The zero-order chi connectivity index (χ0) is 11.8. The molecule has 0 spiro atoms. The third-order valence-electron chi connectivity index (χ3n) is 2.66. The first-order chi connectivity index (χ1) is 7.76. The van der Waals surface area contributed by atoms with Gasteiger partial charge in [0.1, 0.15) is 0 Å². The second-order valence-corrected chi connectivity index (χ2v) is 5.21. The minimum Gasteiger partial charge on any atom is -0.383 e. The van der Waals surface area contributed by atoms with Crippen LogP contribution in [0.1, 0.15) is 19.8 Å². The van der Waals surface area contributed by atoms with E-state index < -0.39 is 0 Å². The van der Waals surface area contributed by atoms with Gasteiger partial charge in [0.05, 0.1) is 12.6 Å². The predicted molar refractivity (Wildman–Crippen MR) is 67.8 cm³/mol. The van der Waals surface area contributed by atoms with Gasteiger partial charge in [-0.05, 0) is 6.42 Å². The van der Waals surface area contributed by atoms with Gasteiger partial charge in [-0.1, -0.05) is 6.92 Å². The number of carbonyl (C=O) groups is 1. The molecule has 2 unspecified atom stereocenters. The molecule has 0 aliphatic carbocycles. The van der Waals surface area contributed by atoms with Crippen molar-refractivity contribution in [1.82, 2.24) is 10.6 Å². The van der Waals surface area contributed by atoms with Gasteiger partial charge in [0.2, 0.25) is 5.91 Å². The molecule has 0 aromatic heterocycles. The molecule has 0 aromatic rings. The number of carbonyl (C=O) groups excluding carboxylic acids is 1. The Kier molecular flexibility index (Phi) is 6.84. The van der Waals surface area contributed by atoms with Crippen LogP contribution in [-0.2, 0) is 9.53 Å². The molecule has 5 heteroatoms. The third-order valence-corrected chi connectivity index (χ3v) is 3.79. The summed E-state index contributed by atoms with van der Waals surface area (Å²) < 4.78 is 5.05. The number of methoxy groups -OCH3 is 1. The molecule has 0 radical (unpaired) electrons. The van der Waals surface area contributed by atoms with E-state index >= 15 is 0 Å². The average Bonchev–Trinajstić information content (AvgIpc) is 2.29. The smallest absolute Gasteiger partial charge is 0.221 e. The van der Waals surface area contributed by atoms with Crippen LogP contribution in [0.2, 0.25) is 0 Å². The Balaban J connectivity index is 2.22. The van der Waals surface area contributed by atoms with Crippen molar-refractivity contribution in [2.75, 3.05) is 31.8 Å². The van der Waals surface area contributed by atoms with Crippen LogP contribution in [-0.4, -0.2) is 49.8 Å². The second kappa shape index (κ2) is 7.92. The lowest BCUT2D eigenvalue weighted by molar-refractivity contribution is -0.122. The Morgan fingerprint density at radius 2 is 2.50 bits per heavy atom. The number of hydrogen-bond acceptors (Lipinski definition) is 4. The van der Waals surface area contributed by atoms with E-state index in [0.717, 1.165) is 24.5 Å². The topological polar surface area (TPSA) is 50.4 Å². The lowest BCUT2D eigenvalue weighted by Gasteiger charge is -2.24. The molecule has 1 heterocycles. The monoisotopic (exact) mass is 246 g/mol. The van der Waals surface area contributed by atoms with Gasteiger partial charge in [0.25, 0.3) is 0 Å². The molecule has 0 aromatic carbocycles. The zero-order valence-electron chi connectivity index (χ0n) is 10.1. The summed E-state index contributed by atoms with van der Waals surface area (Å²) in [7, 11) is 1.66. The number of hydrogen-bond donors (Lipinski definition) is 2. The van der Waals surface area contributed by atoms with E-state index in [1.807, 2.05) is 11.8 Å². The SMILES string of the molecule is CCC(COC)NC(=O)CC1CSCCN1. The van der Waals surface area contributed by atoms with E-state index in [0.29, 0.717) is 19.1 Å². The van der Waals surface area contributed by atoms with Gasteiger partial charge in [-0.3, -0.25) is 4.79 Å². The highest BCUT2D eigenvalue weighted by molar-refractivity contribution is 7.99. The first kappa shape index (κ1) is 13.8. The highest BCUT2D eigenvalue weighted by Crippen LogP contribution is 2.10. The number of nitrogens with one attached hydrogen (secondary N) is 2. The molecule has 1 rings (SSSR count). The van der Waals surface area contributed by atoms with Crippen LogP contribution < -0.4 is 10.6 Å². The van der Waals surface area contributed by atoms with E-state index in [1.165, 1.54) is 0 Å². The molecule has 94 valence electrons. The second-order valence-electron chi connectivity index (χ2n) is 4.06. The highest BCUT2D eigenvalue weighted by atomic mass is 32.2. The number of thioether (sulfide) groups is 1. The van der Waals surface area contributed by atoms with Crippen molar-refractivity contribution in [1.29, 1.82) is 0 Å². The van der Waals surface area contributed by atoms with Crippen LogP contribution in [0.5, 0.6) is 0 Å². The normalized spacial score (nSPS) is 22.8. The molecule has 2 N–H and O–H groups in total. The molecular formula is C11H22N2O2S. The Labute approximate surface area is 102 Å². The van der Waals surface area contributed by atoms with Gasteiger partial charge in [-0.15, -0.1) is 0 Å².